The number of nitrogens with zero attached hydrogens (tertiary/aromatic N) is 4. The summed E-state index contributed by atoms with van der Waals surface area (Å²) in [7, 11) is -3.26. The number of imide groups is 1. The molecule has 10 heteroatoms. The van der Waals surface area contributed by atoms with Crippen molar-refractivity contribution >= 4 is 21.8 Å². The molecule has 2 aliphatic heterocycles. The molecule has 3 rings (SSSR count). The average molecular weight is 364 g/mol. The number of hydrogen-bond acceptors (Lipinski definition) is 6. The summed E-state index contributed by atoms with van der Waals surface area (Å²) in [6.45, 7) is 1.55. The zero-order valence-corrected chi connectivity index (χ0v) is 14.2. The molecule has 2 fully saturated rings. The van der Waals surface area contributed by atoms with E-state index < -0.39 is 39.3 Å². The van der Waals surface area contributed by atoms with E-state index in [1.165, 1.54) is 0 Å². The van der Waals surface area contributed by atoms with Crippen molar-refractivity contribution in [1.82, 2.24) is 4.90 Å². The smallest absolute Gasteiger partial charge is 0.417 e. The third-order valence-corrected chi connectivity index (χ3v) is 6.65. The van der Waals surface area contributed by atoms with Gasteiger partial charge in [-0.15, -0.1) is 0 Å². The third kappa shape index (κ3) is 3.06. The molecule has 1 aromatic carbocycles. The minimum Gasteiger partial charge on any atom is -0.446 e. The molecule has 0 radical (unpaired) electrons. The molecular formula is C15H16N4O5S. The topological polar surface area (TPSA) is 130 Å². The predicted octanol–water partition coefficient (Wildman–Crippen LogP) is 1.82. The lowest BCUT2D eigenvalue weighted by atomic mass is 9.84. The van der Waals surface area contributed by atoms with Crippen molar-refractivity contribution in [2.45, 2.75) is 19.0 Å². The highest BCUT2D eigenvalue weighted by Crippen LogP contribution is 2.40. The van der Waals surface area contributed by atoms with Gasteiger partial charge in [0, 0.05) is 10.3 Å². The molecule has 0 aliphatic carbocycles. The highest BCUT2D eigenvalue weighted by atomic mass is 32.2. The summed E-state index contributed by atoms with van der Waals surface area (Å²) in [6.07, 6.45) is -0.831. The lowest BCUT2D eigenvalue weighted by Crippen LogP contribution is -2.58. The molecular weight excluding hydrogens is 348 g/mol. The number of carbonyl (C=O) groups excluding carboxylic acids is 2. The van der Waals surface area contributed by atoms with Gasteiger partial charge in [0.2, 0.25) is 5.91 Å². The molecule has 2 amide bonds. The van der Waals surface area contributed by atoms with E-state index in [9.17, 15) is 18.0 Å². The minimum atomic E-state index is -3.26. The predicted molar refractivity (Wildman–Crippen MR) is 87.1 cm³/mol. The second kappa shape index (κ2) is 6.05. The van der Waals surface area contributed by atoms with Crippen LogP contribution in [0.2, 0.25) is 0 Å². The van der Waals surface area contributed by atoms with Crippen LogP contribution in [-0.2, 0) is 19.4 Å². The number of ether oxygens (including phenoxy) is 1. The molecule has 2 atom stereocenters. The molecule has 0 N–H and O–H groups in total. The summed E-state index contributed by atoms with van der Waals surface area (Å²) in [5.74, 6) is -1.28. The molecule has 25 heavy (non-hydrogen) atoms. The van der Waals surface area contributed by atoms with Gasteiger partial charge in [0.15, 0.2) is 9.84 Å². The van der Waals surface area contributed by atoms with E-state index >= 15 is 0 Å². The van der Waals surface area contributed by atoms with Crippen LogP contribution < -0.4 is 0 Å². The van der Waals surface area contributed by atoms with E-state index in [1.54, 1.807) is 37.3 Å². The molecule has 0 bridgehead atoms. The lowest BCUT2D eigenvalue weighted by molar-refractivity contribution is -0.133. The number of cyclic esters (lactones) is 1. The Morgan fingerprint density at radius 3 is 2.60 bits per heavy atom. The van der Waals surface area contributed by atoms with Crippen LogP contribution in [0.4, 0.5) is 4.79 Å². The van der Waals surface area contributed by atoms with E-state index in [2.05, 4.69) is 10.0 Å². The maximum atomic E-state index is 12.9. The zero-order chi connectivity index (χ0) is 18.2. The normalized spacial score (nSPS) is 24.6. The van der Waals surface area contributed by atoms with Crippen molar-refractivity contribution < 1.29 is 22.7 Å². The second-order valence-electron chi connectivity index (χ2n) is 6.51. The maximum Gasteiger partial charge on any atom is 0.417 e. The fourth-order valence-corrected chi connectivity index (χ4v) is 5.62. The summed E-state index contributed by atoms with van der Waals surface area (Å²) in [5, 5.41) is 3.51. The first-order valence-electron chi connectivity index (χ1n) is 7.57. The Morgan fingerprint density at radius 2 is 2.04 bits per heavy atom. The van der Waals surface area contributed by atoms with Crippen LogP contribution in [0.5, 0.6) is 0 Å². The minimum absolute atomic E-state index is 0.00735. The SMILES string of the molecule is CC1(C(N=[N+]=[N-])C(=O)N2C(=O)OC[C@@H]2c2ccccc2)CS(=O)(=O)C1. The molecule has 1 aromatic rings. The summed E-state index contributed by atoms with van der Waals surface area (Å²) < 4.78 is 28.1. The monoisotopic (exact) mass is 364 g/mol. The third-order valence-electron chi connectivity index (χ3n) is 4.46. The van der Waals surface area contributed by atoms with E-state index in [-0.39, 0.29) is 18.1 Å². The van der Waals surface area contributed by atoms with Crippen molar-refractivity contribution in [3.05, 3.63) is 46.3 Å². The van der Waals surface area contributed by atoms with Crippen LogP contribution in [0, 0.1) is 5.41 Å². The lowest BCUT2D eigenvalue weighted by Gasteiger charge is -2.42. The first kappa shape index (κ1) is 17.2. The Kier molecular flexibility index (Phi) is 4.18. The molecule has 9 nitrogen and oxygen atoms in total. The molecule has 2 aliphatic rings. The first-order valence-corrected chi connectivity index (χ1v) is 9.39. The highest BCUT2D eigenvalue weighted by Gasteiger charge is 2.55. The Morgan fingerprint density at radius 1 is 1.40 bits per heavy atom. The number of azide groups is 1. The van der Waals surface area contributed by atoms with Gasteiger partial charge in [-0.1, -0.05) is 42.4 Å². The van der Waals surface area contributed by atoms with Crippen molar-refractivity contribution in [3.63, 3.8) is 0 Å². The molecule has 0 saturated carbocycles. The van der Waals surface area contributed by atoms with Crippen LogP contribution in [0.25, 0.3) is 10.4 Å². The van der Waals surface area contributed by atoms with Gasteiger partial charge in [-0.05, 0) is 11.1 Å². The first-order chi connectivity index (χ1) is 11.8. The number of rotatable bonds is 4. The van der Waals surface area contributed by atoms with Gasteiger partial charge in [0.1, 0.15) is 18.7 Å². The maximum absolute atomic E-state index is 12.9. The van der Waals surface area contributed by atoms with Gasteiger partial charge in [0.05, 0.1) is 11.5 Å². The van der Waals surface area contributed by atoms with Gasteiger partial charge in [0.25, 0.3) is 0 Å². The van der Waals surface area contributed by atoms with Crippen LogP contribution in [0.3, 0.4) is 0 Å². The van der Waals surface area contributed by atoms with Crippen molar-refractivity contribution in [2.24, 2.45) is 10.5 Å². The standard InChI is InChI=1S/C15H16N4O5S/c1-15(8-25(22,23)9-15)12(17-18-16)13(20)19-11(7-24-14(19)21)10-5-3-2-4-6-10/h2-6,11-12H,7-9H2,1H3/t11-,12?/m1/s1. The van der Waals surface area contributed by atoms with E-state index in [4.69, 9.17) is 10.3 Å². The number of benzene rings is 1. The second-order valence-corrected chi connectivity index (χ2v) is 8.57. The highest BCUT2D eigenvalue weighted by molar-refractivity contribution is 7.92. The Labute approximate surface area is 144 Å². The fraction of sp³-hybridized carbons (Fsp3) is 0.467. The molecule has 0 spiro atoms. The van der Waals surface area contributed by atoms with Crippen LogP contribution in [0.15, 0.2) is 35.4 Å². The summed E-state index contributed by atoms with van der Waals surface area (Å²) >= 11 is 0. The van der Waals surface area contributed by atoms with Crippen molar-refractivity contribution in [3.8, 4) is 0 Å². The largest absolute Gasteiger partial charge is 0.446 e. The Bertz CT molecular complexity index is 851. The number of amides is 2. The van der Waals surface area contributed by atoms with Gasteiger partial charge in [-0.3, -0.25) is 4.79 Å². The molecule has 132 valence electrons. The van der Waals surface area contributed by atoms with Gasteiger partial charge in [-0.25, -0.2) is 18.1 Å². The van der Waals surface area contributed by atoms with E-state index in [0.717, 1.165) is 4.90 Å². The number of carbonyl (C=O) groups is 2. The van der Waals surface area contributed by atoms with Crippen LogP contribution in [0.1, 0.15) is 18.5 Å². The Hall–Kier alpha value is -2.58. The average Bonchev–Trinajstić information content (AvgIpc) is 2.92. The van der Waals surface area contributed by atoms with Gasteiger partial charge in [-0.2, -0.15) is 0 Å². The molecule has 0 aromatic heterocycles. The Balaban J connectivity index is 1.93. The molecule has 2 heterocycles. The van der Waals surface area contributed by atoms with E-state index in [0.29, 0.717) is 5.56 Å². The van der Waals surface area contributed by atoms with Crippen LogP contribution in [-0.4, -0.2) is 49.5 Å². The van der Waals surface area contributed by atoms with Crippen LogP contribution >= 0.6 is 0 Å². The fourth-order valence-electron chi connectivity index (χ4n) is 3.38. The summed E-state index contributed by atoms with van der Waals surface area (Å²) in [5.41, 5.74) is 8.48. The molecule has 1 unspecified atom stereocenters. The van der Waals surface area contributed by atoms with Gasteiger partial charge >= 0.3 is 6.09 Å². The quantitative estimate of drug-likeness (QED) is 0.457. The van der Waals surface area contributed by atoms with Crippen molar-refractivity contribution in [2.75, 3.05) is 18.1 Å². The number of sulfone groups is 1. The summed E-state index contributed by atoms with van der Waals surface area (Å²) in [6, 6.07) is 6.92. The zero-order valence-electron chi connectivity index (χ0n) is 13.4. The van der Waals surface area contributed by atoms with E-state index in [1.807, 2.05) is 0 Å². The van der Waals surface area contributed by atoms with Crippen molar-refractivity contribution in [1.29, 1.82) is 0 Å². The number of hydrogen-bond donors (Lipinski definition) is 0. The summed E-state index contributed by atoms with van der Waals surface area (Å²) in [4.78, 5) is 28.6. The molecule has 2 saturated heterocycles. The van der Waals surface area contributed by atoms with Gasteiger partial charge < -0.3 is 4.74 Å².